The number of aromatic nitrogens is 3. The first kappa shape index (κ1) is 12.2. The van der Waals surface area contributed by atoms with E-state index in [1.54, 1.807) is 6.33 Å². The van der Waals surface area contributed by atoms with E-state index in [0.29, 0.717) is 5.92 Å². The largest absolute Gasteiger partial charge is 0.305 e. The van der Waals surface area contributed by atoms with Gasteiger partial charge >= 0.3 is 0 Å². The molecule has 0 saturated heterocycles. The summed E-state index contributed by atoms with van der Waals surface area (Å²) in [7, 11) is 0. The summed E-state index contributed by atoms with van der Waals surface area (Å²) < 4.78 is 1.91. The smallest absolute Gasteiger partial charge is 0.164 e. The van der Waals surface area contributed by atoms with Gasteiger partial charge in [-0.2, -0.15) is 5.10 Å². The van der Waals surface area contributed by atoms with Crippen LogP contribution >= 0.6 is 0 Å². The van der Waals surface area contributed by atoms with Crippen molar-refractivity contribution in [2.24, 2.45) is 5.92 Å². The molecule has 0 unspecified atom stereocenters. The lowest BCUT2D eigenvalue weighted by molar-refractivity contribution is 0.414. The van der Waals surface area contributed by atoms with Crippen molar-refractivity contribution in [3.63, 3.8) is 0 Å². The van der Waals surface area contributed by atoms with E-state index in [0.717, 1.165) is 18.9 Å². The highest BCUT2D eigenvalue weighted by Gasteiger charge is 2.10. The minimum Gasteiger partial charge on any atom is -0.305 e. The zero-order chi connectivity index (χ0) is 11.5. The molecule has 0 aliphatic heterocycles. The Kier molecular flexibility index (Phi) is 3.85. The summed E-state index contributed by atoms with van der Waals surface area (Å²) in [6.07, 6.45) is 1.81. The molecule has 0 aliphatic rings. The van der Waals surface area contributed by atoms with E-state index in [1.165, 1.54) is 0 Å². The molecule has 0 aliphatic carbocycles. The molecule has 86 valence electrons. The van der Waals surface area contributed by atoms with Crippen molar-refractivity contribution in [3.8, 4) is 0 Å². The number of nitrogens with zero attached hydrogens (tertiary/aromatic N) is 3. The van der Waals surface area contributed by atoms with Crippen LogP contribution in [0.1, 0.15) is 40.4 Å². The van der Waals surface area contributed by atoms with Gasteiger partial charge in [-0.25, -0.2) is 4.98 Å². The molecule has 1 N–H and O–H groups in total. The van der Waals surface area contributed by atoms with Crippen LogP contribution in [0.15, 0.2) is 6.33 Å². The Morgan fingerprint density at radius 3 is 2.60 bits per heavy atom. The number of hydrogen-bond acceptors (Lipinski definition) is 3. The molecule has 1 aromatic heterocycles. The molecular formula is C11H22N4. The minimum absolute atomic E-state index is 0.115. The van der Waals surface area contributed by atoms with E-state index in [2.05, 4.69) is 50.0 Å². The van der Waals surface area contributed by atoms with Gasteiger partial charge < -0.3 is 5.32 Å². The molecular weight excluding hydrogens is 188 g/mol. The number of nitrogens with one attached hydrogen (secondary N) is 1. The fourth-order valence-corrected chi connectivity index (χ4v) is 1.22. The number of rotatable bonds is 4. The van der Waals surface area contributed by atoms with Crippen molar-refractivity contribution < 1.29 is 0 Å². The van der Waals surface area contributed by atoms with Gasteiger partial charge in [0.15, 0.2) is 5.82 Å². The molecule has 4 heteroatoms. The zero-order valence-corrected chi connectivity index (χ0v) is 10.4. The van der Waals surface area contributed by atoms with Gasteiger partial charge in [0.1, 0.15) is 6.33 Å². The lowest BCUT2D eigenvalue weighted by Crippen LogP contribution is -2.35. The second-order valence-corrected chi connectivity index (χ2v) is 5.38. The van der Waals surface area contributed by atoms with Gasteiger partial charge in [0, 0.05) is 12.1 Å². The van der Waals surface area contributed by atoms with Crippen LogP contribution in [0.3, 0.4) is 0 Å². The van der Waals surface area contributed by atoms with Gasteiger partial charge in [-0.05, 0) is 26.7 Å². The fraction of sp³-hybridized carbons (Fsp3) is 0.818. The second-order valence-electron chi connectivity index (χ2n) is 5.38. The maximum absolute atomic E-state index is 4.40. The van der Waals surface area contributed by atoms with E-state index in [1.807, 2.05) is 4.68 Å². The predicted octanol–water partition coefficient (Wildman–Crippen LogP) is 1.82. The van der Waals surface area contributed by atoms with Gasteiger partial charge in [0.2, 0.25) is 0 Å². The van der Waals surface area contributed by atoms with E-state index >= 15 is 0 Å². The summed E-state index contributed by atoms with van der Waals surface area (Å²) in [4.78, 5) is 4.26. The van der Waals surface area contributed by atoms with Gasteiger partial charge in [0.25, 0.3) is 0 Å². The van der Waals surface area contributed by atoms with Crippen LogP contribution in [0.2, 0.25) is 0 Å². The Morgan fingerprint density at radius 2 is 2.07 bits per heavy atom. The van der Waals surface area contributed by atoms with Crippen LogP contribution in [-0.2, 0) is 13.1 Å². The predicted molar refractivity (Wildman–Crippen MR) is 61.5 cm³/mol. The average molecular weight is 210 g/mol. The Hall–Kier alpha value is -0.900. The first-order valence-corrected chi connectivity index (χ1v) is 5.50. The normalized spacial score (nSPS) is 12.4. The van der Waals surface area contributed by atoms with Crippen LogP contribution < -0.4 is 5.32 Å². The topological polar surface area (TPSA) is 42.7 Å². The maximum atomic E-state index is 4.40. The summed E-state index contributed by atoms with van der Waals surface area (Å²) in [6, 6.07) is 0. The van der Waals surface area contributed by atoms with Crippen LogP contribution in [0.4, 0.5) is 0 Å². The molecule has 0 fully saturated rings. The summed E-state index contributed by atoms with van der Waals surface area (Å²) in [5.41, 5.74) is 0.115. The Bertz CT molecular complexity index is 296. The molecule has 0 bridgehead atoms. The highest BCUT2D eigenvalue weighted by Crippen LogP contribution is 2.01. The molecule has 0 radical (unpaired) electrons. The average Bonchev–Trinajstić information content (AvgIpc) is 2.46. The highest BCUT2D eigenvalue weighted by molar-refractivity contribution is 4.83. The molecule has 0 saturated carbocycles. The van der Waals surface area contributed by atoms with Crippen molar-refractivity contribution in [1.82, 2.24) is 20.1 Å². The fourth-order valence-electron chi connectivity index (χ4n) is 1.22. The van der Waals surface area contributed by atoms with Gasteiger partial charge in [-0.15, -0.1) is 0 Å². The van der Waals surface area contributed by atoms with Crippen LogP contribution in [-0.4, -0.2) is 20.3 Å². The zero-order valence-electron chi connectivity index (χ0n) is 10.4. The van der Waals surface area contributed by atoms with Gasteiger partial charge in [0.05, 0.1) is 6.54 Å². The molecule has 1 aromatic rings. The van der Waals surface area contributed by atoms with Crippen molar-refractivity contribution in [2.75, 3.05) is 0 Å². The molecule has 0 amide bonds. The van der Waals surface area contributed by atoms with Crippen molar-refractivity contribution in [3.05, 3.63) is 12.2 Å². The van der Waals surface area contributed by atoms with Gasteiger partial charge in [-0.1, -0.05) is 13.8 Å². The maximum Gasteiger partial charge on any atom is 0.164 e. The van der Waals surface area contributed by atoms with E-state index < -0.39 is 0 Å². The minimum atomic E-state index is 0.115. The van der Waals surface area contributed by atoms with Gasteiger partial charge in [-0.3, -0.25) is 4.68 Å². The van der Waals surface area contributed by atoms with Crippen molar-refractivity contribution in [1.29, 1.82) is 0 Å². The van der Waals surface area contributed by atoms with Crippen LogP contribution in [0.5, 0.6) is 0 Å². The lowest BCUT2D eigenvalue weighted by Gasteiger charge is -2.19. The monoisotopic (exact) mass is 210 g/mol. The summed E-state index contributed by atoms with van der Waals surface area (Å²) >= 11 is 0. The Balaban J connectivity index is 2.46. The summed E-state index contributed by atoms with van der Waals surface area (Å²) in [5, 5.41) is 7.76. The van der Waals surface area contributed by atoms with Crippen LogP contribution in [0, 0.1) is 5.92 Å². The summed E-state index contributed by atoms with van der Waals surface area (Å²) in [6.45, 7) is 12.4. The second kappa shape index (κ2) is 4.75. The standard InChI is InChI=1S/C11H22N4/c1-9(2)7-15-8-12-10(14-15)6-13-11(3,4)5/h8-9,13H,6-7H2,1-5H3. The third-order valence-electron chi connectivity index (χ3n) is 1.91. The first-order valence-electron chi connectivity index (χ1n) is 5.50. The van der Waals surface area contributed by atoms with E-state index in [9.17, 15) is 0 Å². The SMILES string of the molecule is CC(C)Cn1cnc(CNC(C)(C)C)n1. The summed E-state index contributed by atoms with van der Waals surface area (Å²) in [5.74, 6) is 1.47. The quantitative estimate of drug-likeness (QED) is 0.824. The molecule has 0 spiro atoms. The molecule has 4 nitrogen and oxygen atoms in total. The third kappa shape index (κ3) is 4.93. The molecule has 1 heterocycles. The first-order chi connectivity index (χ1) is 6.87. The van der Waals surface area contributed by atoms with Crippen molar-refractivity contribution >= 4 is 0 Å². The molecule has 0 aromatic carbocycles. The van der Waals surface area contributed by atoms with Crippen LogP contribution in [0.25, 0.3) is 0 Å². The molecule has 0 atom stereocenters. The lowest BCUT2D eigenvalue weighted by atomic mass is 10.1. The molecule has 15 heavy (non-hydrogen) atoms. The Labute approximate surface area is 92.1 Å². The van der Waals surface area contributed by atoms with E-state index in [-0.39, 0.29) is 5.54 Å². The number of hydrogen-bond donors (Lipinski definition) is 1. The Morgan fingerprint density at radius 1 is 1.40 bits per heavy atom. The third-order valence-corrected chi connectivity index (χ3v) is 1.91. The van der Waals surface area contributed by atoms with Crippen molar-refractivity contribution in [2.45, 2.75) is 53.2 Å². The van der Waals surface area contributed by atoms with E-state index in [4.69, 9.17) is 0 Å². The highest BCUT2D eigenvalue weighted by atomic mass is 15.3. The molecule has 1 rings (SSSR count).